The van der Waals surface area contributed by atoms with Crippen molar-refractivity contribution in [3.8, 4) is 11.5 Å². The molecule has 2 aromatic carbocycles. The normalized spacial score (nSPS) is 10.8. The molecule has 1 N–H and O–H groups in total. The number of nitrogens with one attached hydrogen (secondary N) is 1. The molecule has 3 aromatic rings. The summed E-state index contributed by atoms with van der Waals surface area (Å²) in [4.78, 5) is 30.5. The zero-order valence-corrected chi connectivity index (χ0v) is 20.1. The molecular weight excluding hydrogens is 462 g/mol. The van der Waals surface area contributed by atoms with Crippen LogP contribution in [0.2, 0.25) is 5.02 Å². The Balaban J connectivity index is 1.54. The van der Waals surface area contributed by atoms with Crippen LogP contribution in [0, 0.1) is 6.92 Å². The number of halogens is 1. The minimum absolute atomic E-state index is 0.130. The summed E-state index contributed by atoms with van der Waals surface area (Å²) in [5.41, 5.74) is 2.12. The summed E-state index contributed by atoms with van der Waals surface area (Å²) in [7, 11) is 3.05. The van der Waals surface area contributed by atoms with E-state index in [0.29, 0.717) is 28.8 Å². The van der Waals surface area contributed by atoms with Crippen LogP contribution < -0.4 is 14.8 Å². The van der Waals surface area contributed by atoms with Crippen molar-refractivity contribution < 1.29 is 19.1 Å². The zero-order valence-electron chi connectivity index (χ0n) is 18.5. The maximum absolute atomic E-state index is 12.5. The quantitative estimate of drug-likeness (QED) is 0.440. The molecule has 2 amide bonds. The number of likely N-dealkylation sites (N-methyl/N-ethyl adjacent to an activating group) is 1. The number of thiazole rings is 1. The van der Waals surface area contributed by atoms with Gasteiger partial charge in [0.05, 0.1) is 30.0 Å². The van der Waals surface area contributed by atoms with E-state index in [1.165, 1.54) is 18.1 Å². The van der Waals surface area contributed by atoms with Crippen LogP contribution in [0.15, 0.2) is 53.9 Å². The van der Waals surface area contributed by atoms with E-state index in [-0.39, 0.29) is 18.4 Å². The van der Waals surface area contributed by atoms with E-state index in [0.717, 1.165) is 16.3 Å². The van der Waals surface area contributed by atoms with Gasteiger partial charge in [-0.2, -0.15) is 0 Å². The van der Waals surface area contributed by atoms with E-state index < -0.39 is 0 Å². The number of benzene rings is 2. The molecule has 0 aliphatic heterocycles. The summed E-state index contributed by atoms with van der Waals surface area (Å²) >= 11 is 7.56. The third kappa shape index (κ3) is 7.34. The first-order valence-electron chi connectivity index (χ1n) is 10.0. The molecule has 0 bridgehead atoms. The van der Waals surface area contributed by atoms with Crippen LogP contribution in [0.5, 0.6) is 11.5 Å². The molecular formula is C24H24ClN3O4S. The molecule has 0 unspecified atom stereocenters. The first kappa shape index (κ1) is 24.3. The van der Waals surface area contributed by atoms with Crippen LogP contribution in [0.3, 0.4) is 0 Å². The van der Waals surface area contributed by atoms with Crippen molar-refractivity contribution >= 4 is 46.5 Å². The number of hydrogen-bond donors (Lipinski definition) is 1. The minimum Gasteiger partial charge on any atom is -0.495 e. The highest BCUT2D eigenvalue weighted by Gasteiger charge is 2.13. The van der Waals surface area contributed by atoms with E-state index >= 15 is 0 Å². The summed E-state index contributed by atoms with van der Waals surface area (Å²) in [5, 5.41) is 6.13. The lowest BCUT2D eigenvalue weighted by Crippen LogP contribution is -2.33. The van der Waals surface area contributed by atoms with Crippen molar-refractivity contribution in [3.05, 3.63) is 75.2 Å². The second kappa shape index (κ2) is 11.5. The van der Waals surface area contributed by atoms with Gasteiger partial charge in [0.2, 0.25) is 11.8 Å². The maximum atomic E-state index is 12.5. The Morgan fingerprint density at radius 3 is 2.79 bits per heavy atom. The molecule has 1 heterocycles. The summed E-state index contributed by atoms with van der Waals surface area (Å²) in [6.07, 6.45) is 3.09. The Kier molecular flexibility index (Phi) is 8.46. The Morgan fingerprint density at radius 2 is 2.06 bits per heavy atom. The smallest absolute Gasteiger partial charge is 0.246 e. The van der Waals surface area contributed by atoms with Gasteiger partial charge in [0.1, 0.15) is 18.1 Å². The molecule has 0 aliphatic rings. The lowest BCUT2D eigenvalue weighted by molar-refractivity contribution is -0.129. The van der Waals surface area contributed by atoms with Gasteiger partial charge < -0.3 is 19.7 Å². The van der Waals surface area contributed by atoms with E-state index in [1.54, 1.807) is 42.7 Å². The number of ether oxygens (including phenoxy) is 2. The third-order valence-electron chi connectivity index (χ3n) is 4.52. The van der Waals surface area contributed by atoms with Gasteiger partial charge in [-0.3, -0.25) is 9.59 Å². The van der Waals surface area contributed by atoms with Gasteiger partial charge in [0.25, 0.3) is 0 Å². The maximum Gasteiger partial charge on any atom is 0.246 e. The van der Waals surface area contributed by atoms with Gasteiger partial charge in [0.15, 0.2) is 0 Å². The van der Waals surface area contributed by atoms with Gasteiger partial charge in [0, 0.05) is 23.5 Å². The minimum atomic E-state index is -0.368. The summed E-state index contributed by atoms with van der Waals surface area (Å²) in [5.74, 6) is 0.479. The standard InChI is InChI=1S/C24H24ClN3O4S/c1-16-26-19(15-33-16)14-32-20-6-4-5-17(11-20)7-10-24(30)28(2)13-23(29)27-21-12-18(25)8-9-22(21)31-3/h4-12,15H,13-14H2,1-3H3,(H,27,29)/b10-7+. The van der Waals surface area contributed by atoms with E-state index in [2.05, 4.69) is 10.3 Å². The number of aryl methyl sites for hydroxylation is 1. The largest absolute Gasteiger partial charge is 0.495 e. The fraction of sp³-hybridized carbons (Fsp3) is 0.208. The Hall–Kier alpha value is -3.36. The number of hydrogen-bond acceptors (Lipinski definition) is 6. The molecule has 7 nitrogen and oxygen atoms in total. The summed E-state index contributed by atoms with van der Waals surface area (Å²) in [6, 6.07) is 12.3. The van der Waals surface area contributed by atoms with Crippen molar-refractivity contribution in [2.75, 3.05) is 26.0 Å². The highest BCUT2D eigenvalue weighted by atomic mass is 35.5. The molecule has 33 heavy (non-hydrogen) atoms. The summed E-state index contributed by atoms with van der Waals surface area (Å²) in [6.45, 7) is 2.20. The third-order valence-corrected chi connectivity index (χ3v) is 5.58. The van der Waals surface area contributed by atoms with Crippen LogP contribution in [-0.2, 0) is 16.2 Å². The number of carbonyl (C=O) groups is 2. The number of nitrogens with zero attached hydrogens (tertiary/aromatic N) is 2. The highest BCUT2D eigenvalue weighted by Crippen LogP contribution is 2.27. The number of anilines is 1. The van der Waals surface area contributed by atoms with Gasteiger partial charge in [-0.25, -0.2) is 4.98 Å². The lowest BCUT2D eigenvalue weighted by Gasteiger charge is -2.16. The predicted molar refractivity (Wildman–Crippen MR) is 131 cm³/mol. The average molecular weight is 486 g/mol. The monoisotopic (exact) mass is 485 g/mol. The second-order valence-electron chi connectivity index (χ2n) is 7.14. The van der Waals surface area contributed by atoms with E-state index in [1.807, 2.05) is 36.6 Å². The fourth-order valence-corrected chi connectivity index (χ4v) is 3.66. The van der Waals surface area contributed by atoms with Crippen LogP contribution in [0.4, 0.5) is 5.69 Å². The van der Waals surface area contributed by atoms with Gasteiger partial charge in [-0.05, 0) is 48.9 Å². The average Bonchev–Trinajstić information content (AvgIpc) is 3.21. The second-order valence-corrected chi connectivity index (χ2v) is 8.64. The molecule has 9 heteroatoms. The molecule has 1 aromatic heterocycles. The first-order chi connectivity index (χ1) is 15.8. The SMILES string of the molecule is COc1ccc(Cl)cc1NC(=O)CN(C)C(=O)/C=C/c1cccc(OCc2csc(C)n2)c1. The predicted octanol–water partition coefficient (Wildman–Crippen LogP) is 4.80. The van der Waals surface area contributed by atoms with Crippen LogP contribution in [-0.4, -0.2) is 42.4 Å². The van der Waals surface area contributed by atoms with Crippen molar-refractivity contribution in [2.24, 2.45) is 0 Å². The Bertz CT molecular complexity index is 1160. The fourth-order valence-electron chi connectivity index (χ4n) is 2.90. The topological polar surface area (TPSA) is 80.8 Å². The number of aromatic nitrogens is 1. The van der Waals surface area contributed by atoms with Crippen molar-refractivity contribution in [1.82, 2.24) is 9.88 Å². The van der Waals surface area contributed by atoms with Gasteiger partial charge in [-0.1, -0.05) is 23.7 Å². The number of methoxy groups -OCH3 is 1. The lowest BCUT2D eigenvalue weighted by atomic mass is 10.2. The van der Waals surface area contributed by atoms with E-state index in [9.17, 15) is 9.59 Å². The van der Waals surface area contributed by atoms with Crippen molar-refractivity contribution in [3.63, 3.8) is 0 Å². The van der Waals surface area contributed by atoms with E-state index in [4.69, 9.17) is 21.1 Å². The Morgan fingerprint density at radius 1 is 1.24 bits per heavy atom. The van der Waals surface area contributed by atoms with Crippen LogP contribution >= 0.6 is 22.9 Å². The van der Waals surface area contributed by atoms with Crippen molar-refractivity contribution in [1.29, 1.82) is 0 Å². The molecule has 0 fully saturated rings. The first-order valence-corrected chi connectivity index (χ1v) is 11.3. The molecule has 0 saturated heterocycles. The van der Waals surface area contributed by atoms with Crippen LogP contribution in [0.1, 0.15) is 16.3 Å². The van der Waals surface area contributed by atoms with Crippen molar-refractivity contribution in [2.45, 2.75) is 13.5 Å². The Labute approximate surface area is 201 Å². The molecule has 3 rings (SSSR count). The highest BCUT2D eigenvalue weighted by molar-refractivity contribution is 7.09. The summed E-state index contributed by atoms with van der Waals surface area (Å²) < 4.78 is 11.0. The molecule has 0 saturated carbocycles. The molecule has 0 atom stereocenters. The van der Waals surface area contributed by atoms with Crippen LogP contribution in [0.25, 0.3) is 6.08 Å². The molecule has 0 spiro atoms. The number of rotatable bonds is 9. The molecule has 0 radical (unpaired) electrons. The molecule has 0 aliphatic carbocycles. The van der Waals surface area contributed by atoms with Gasteiger partial charge >= 0.3 is 0 Å². The number of amides is 2. The van der Waals surface area contributed by atoms with Gasteiger partial charge in [-0.15, -0.1) is 11.3 Å². The molecule has 172 valence electrons. The zero-order chi connectivity index (χ0) is 23.8. The number of carbonyl (C=O) groups excluding carboxylic acids is 2.